The van der Waals surface area contributed by atoms with Crippen molar-refractivity contribution in [3.63, 3.8) is 0 Å². The van der Waals surface area contributed by atoms with Gasteiger partial charge in [-0.25, -0.2) is 0 Å². The number of rotatable bonds is 3. The fourth-order valence-electron chi connectivity index (χ4n) is 10.5. The number of likely N-dealkylation sites (N-methyl/N-ethyl adjacent to an activating group) is 2. The molecular formula is C32H32N6O7S6. The molecule has 13 nitrogen and oxygen atoms in total. The Labute approximate surface area is 315 Å². The van der Waals surface area contributed by atoms with Gasteiger partial charge in [-0.05, 0) is 81.2 Å². The summed E-state index contributed by atoms with van der Waals surface area (Å²) >= 11 is 0. The van der Waals surface area contributed by atoms with E-state index < -0.39 is 79.2 Å². The molecule has 10 heterocycles. The Kier molecular flexibility index (Phi) is 6.66. The second-order valence-corrected chi connectivity index (χ2v) is 23.2. The highest BCUT2D eigenvalue weighted by molar-refractivity contribution is 9.26. The van der Waals surface area contributed by atoms with Crippen molar-refractivity contribution in [1.29, 1.82) is 0 Å². The fourth-order valence-corrected chi connectivity index (χ4v) is 22.4. The molecule has 2 aromatic rings. The Balaban J connectivity index is 1.34. The Morgan fingerprint density at radius 2 is 1.18 bits per heavy atom. The van der Waals surface area contributed by atoms with E-state index in [0.29, 0.717) is 22.5 Å². The summed E-state index contributed by atoms with van der Waals surface area (Å²) in [5.41, 5.74) is -1.21. The van der Waals surface area contributed by atoms with E-state index in [1.54, 1.807) is 7.05 Å². The molecule has 10 aliphatic heterocycles. The highest BCUT2D eigenvalue weighted by atomic mass is 33.7. The van der Waals surface area contributed by atoms with E-state index in [4.69, 9.17) is 0 Å². The monoisotopic (exact) mass is 804 g/mol. The number of nitrogens with zero attached hydrogens (tertiary/aromatic N) is 4. The first-order valence-corrected chi connectivity index (χ1v) is 23.3. The number of carbonyl (C=O) groups excluding carboxylic acids is 4. The molecular weight excluding hydrogens is 773 g/mol. The van der Waals surface area contributed by atoms with Crippen molar-refractivity contribution in [3.8, 4) is 0 Å². The van der Waals surface area contributed by atoms with E-state index in [1.807, 2.05) is 62.4 Å². The second kappa shape index (κ2) is 10.1. The largest absolute Gasteiger partial charge is 0.392 e. The number of hydrogen-bond acceptors (Lipinski definition) is 15. The number of carbonyl (C=O) groups is 4. The van der Waals surface area contributed by atoms with Crippen molar-refractivity contribution < 1.29 is 34.5 Å². The van der Waals surface area contributed by atoms with E-state index in [-0.39, 0.29) is 11.8 Å². The van der Waals surface area contributed by atoms with Crippen molar-refractivity contribution in [2.24, 2.45) is 5.92 Å². The van der Waals surface area contributed by atoms with E-state index >= 15 is 14.4 Å². The van der Waals surface area contributed by atoms with Crippen molar-refractivity contribution in [2.75, 3.05) is 31.3 Å². The molecule has 10 atom stereocenters. The number of hydrogen-bond donors (Lipinski definition) is 5. The zero-order valence-electron chi connectivity index (χ0n) is 27.4. The molecule has 0 saturated carbocycles. The summed E-state index contributed by atoms with van der Waals surface area (Å²) in [6.45, 7) is 3.11. The summed E-state index contributed by atoms with van der Waals surface area (Å²) < 4.78 is 0. The predicted octanol–water partition coefficient (Wildman–Crippen LogP) is 2.24. The van der Waals surface area contributed by atoms with Gasteiger partial charge < -0.3 is 35.8 Å². The normalized spacial score (nSPS) is 44.2. The third kappa shape index (κ3) is 3.05. The number of aliphatic hydroxyl groups excluding tert-OH is 3. The minimum atomic E-state index is -1.93. The Morgan fingerprint density at radius 1 is 0.686 bits per heavy atom. The number of fused-ring (bicyclic) bond motifs is 13. The SMILES string of the molecule is CC(C)[C@@]12SS[C@]3(C(=O)N1C)[C@@H](O)[C@]1([C@]45c6ccccc6N[C@@H]4N4C(=O)C6(CO)SSSS[C@]4(C(=O)N6C)[C@H]5O)c4ccccc4N[C@@H]1N3C2=O. The lowest BCUT2D eigenvalue weighted by atomic mass is 9.52. The van der Waals surface area contributed by atoms with Crippen molar-refractivity contribution in [3.05, 3.63) is 59.7 Å². The standard InChI is InChI=1S/C32H32N6O7S6/c1-14(2)30-26(45)38-22-28(15-9-5-8-12-18(15)34-22,19(40)31(38,48-47-30)25(44)36(30)4)29-16-10-6-7-11-17(16)33-21(29)37-23(42)27(13-39)35(3)24(43)32(37,20(29)41)49-51-50-46-27/h5-12,14,19-22,33-34,39-41H,13H2,1-4H3/t19-,20-,21+,22+,27?,28+,29-,30-,31-,32-/m0/s1. The number of amides is 4. The zero-order valence-corrected chi connectivity index (χ0v) is 32.3. The summed E-state index contributed by atoms with van der Waals surface area (Å²) in [5.74, 6) is -2.23. The minimum absolute atomic E-state index is 0.304. The zero-order chi connectivity index (χ0) is 35.8. The molecule has 19 heteroatoms. The van der Waals surface area contributed by atoms with Crippen LogP contribution in [0, 0.1) is 5.92 Å². The molecule has 8 fully saturated rings. The highest BCUT2D eigenvalue weighted by Crippen LogP contribution is 2.78. The van der Waals surface area contributed by atoms with E-state index in [9.17, 15) is 20.1 Å². The van der Waals surface area contributed by atoms with Crippen LogP contribution in [0.5, 0.6) is 0 Å². The first-order valence-electron chi connectivity index (χ1n) is 16.3. The first-order chi connectivity index (χ1) is 24.3. The summed E-state index contributed by atoms with van der Waals surface area (Å²) in [4.78, 5) is 59.2. The Morgan fingerprint density at radius 3 is 1.73 bits per heavy atom. The van der Waals surface area contributed by atoms with Gasteiger partial charge in [0, 0.05) is 25.5 Å². The number of nitrogens with one attached hydrogen (secondary N) is 2. The third-order valence-electron chi connectivity index (χ3n) is 12.7. The van der Waals surface area contributed by atoms with E-state index in [2.05, 4.69) is 10.6 Å². The van der Waals surface area contributed by atoms with Gasteiger partial charge in [-0.15, -0.1) is 0 Å². The van der Waals surface area contributed by atoms with Gasteiger partial charge in [0.25, 0.3) is 23.6 Å². The molecule has 2 aromatic carbocycles. The molecule has 0 radical (unpaired) electrons. The number of aliphatic hydroxyl groups is 3. The second-order valence-electron chi connectivity index (χ2n) is 14.5. The van der Waals surface area contributed by atoms with Gasteiger partial charge in [-0.3, -0.25) is 29.0 Å². The quantitative estimate of drug-likeness (QED) is 0.287. The van der Waals surface area contributed by atoms with Crippen LogP contribution in [-0.4, -0.2) is 123 Å². The average Bonchev–Trinajstić information content (AvgIpc) is 3.77. The molecule has 12 rings (SSSR count). The number of anilines is 2. The van der Waals surface area contributed by atoms with Crippen molar-refractivity contribution >= 4 is 97.8 Å². The summed E-state index contributed by atoms with van der Waals surface area (Å²) in [6, 6.07) is 14.6. The van der Waals surface area contributed by atoms with Crippen molar-refractivity contribution in [2.45, 2.75) is 68.7 Å². The first kappa shape index (κ1) is 33.5. The van der Waals surface area contributed by atoms with Crippen LogP contribution < -0.4 is 10.6 Å². The van der Waals surface area contributed by atoms with Crippen LogP contribution in [0.2, 0.25) is 0 Å². The van der Waals surface area contributed by atoms with Gasteiger partial charge >= 0.3 is 0 Å². The third-order valence-corrected chi connectivity index (χ3v) is 23.9. The Bertz CT molecular complexity index is 2020. The van der Waals surface area contributed by atoms with Crippen LogP contribution >= 0.6 is 62.8 Å². The average molecular weight is 805 g/mol. The van der Waals surface area contributed by atoms with Crippen molar-refractivity contribution in [1.82, 2.24) is 19.6 Å². The number of para-hydroxylation sites is 2. The maximum atomic E-state index is 15.2. The Hall–Kier alpha value is -2.10. The van der Waals surface area contributed by atoms with Crippen LogP contribution in [0.15, 0.2) is 48.5 Å². The van der Waals surface area contributed by atoms with Gasteiger partial charge in [0.05, 0.1) is 17.4 Å². The molecule has 10 aliphatic rings. The molecule has 51 heavy (non-hydrogen) atoms. The molecule has 8 saturated heterocycles. The van der Waals surface area contributed by atoms with Crippen LogP contribution in [0.4, 0.5) is 11.4 Å². The molecule has 1 unspecified atom stereocenters. The molecule has 0 aliphatic carbocycles. The van der Waals surface area contributed by atoms with Gasteiger partial charge in [0.15, 0.2) is 4.87 Å². The van der Waals surface area contributed by atoms with E-state index in [1.165, 1.54) is 67.9 Å². The summed E-state index contributed by atoms with van der Waals surface area (Å²) in [5, 5.41) is 45.1. The van der Waals surface area contributed by atoms with Gasteiger partial charge in [0.2, 0.25) is 14.6 Å². The predicted molar refractivity (Wildman–Crippen MR) is 201 cm³/mol. The van der Waals surface area contributed by atoms with Crippen LogP contribution in [0.3, 0.4) is 0 Å². The fraction of sp³-hybridized carbons (Fsp3) is 0.500. The topological polar surface area (TPSA) is 166 Å². The molecule has 4 bridgehead atoms. The van der Waals surface area contributed by atoms with Crippen LogP contribution in [-0.2, 0) is 30.0 Å². The molecule has 2 spiro atoms. The minimum Gasteiger partial charge on any atom is -0.392 e. The van der Waals surface area contributed by atoms with Crippen LogP contribution in [0.25, 0.3) is 0 Å². The summed E-state index contributed by atoms with van der Waals surface area (Å²) in [7, 11) is 10.1. The maximum absolute atomic E-state index is 15.2. The van der Waals surface area contributed by atoms with Gasteiger partial charge in [-0.1, -0.05) is 61.0 Å². The summed E-state index contributed by atoms with van der Waals surface area (Å²) in [6.07, 6.45) is -5.63. The smallest absolute Gasteiger partial charge is 0.265 e. The molecule has 268 valence electrons. The maximum Gasteiger partial charge on any atom is 0.265 e. The van der Waals surface area contributed by atoms with Gasteiger partial charge in [-0.2, -0.15) is 0 Å². The van der Waals surface area contributed by atoms with Crippen LogP contribution in [0.1, 0.15) is 25.0 Å². The lowest BCUT2D eigenvalue weighted by Crippen LogP contribution is -2.79. The number of piperazine rings is 2. The van der Waals surface area contributed by atoms with E-state index in [0.717, 1.165) is 21.6 Å². The highest BCUT2D eigenvalue weighted by Gasteiger charge is 2.92. The molecule has 0 aromatic heterocycles. The number of benzene rings is 2. The van der Waals surface area contributed by atoms with Gasteiger partial charge in [0.1, 0.15) is 24.5 Å². The lowest BCUT2D eigenvalue weighted by molar-refractivity contribution is -0.169. The molecule has 4 amide bonds. The molecule has 5 N–H and O–H groups in total. The lowest BCUT2D eigenvalue weighted by Gasteiger charge is -2.60.